The molecule has 67 heavy (non-hydrogen) atoms. The highest BCUT2D eigenvalue weighted by Gasteiger charge is 2.60. The van der Waals surface area contributed by atoms with Crippen molar-refractivity contribution in [2.45, 2.75) is 155 Å². The second-order valence-corrected chi connectivity index (χ2v) is 19.4. The molecular weight excluding hydrogens is 919 g/mol. The van der Waals surface area contributed by atoms with Crippen LogP contribution in [0.3, 0.4) is 0 Å². The minimum absolute atomic E-state index is 0.00453. The van der Waals surface area contributed by atoms with Crippen LogP contribution in [-0.2, 0) is 52.3 Å². The number of aliphatic hydroxyl groups is 2. The average molecular weight is 982 g/mol. The number of rotatable bonds is 12. The molecule has 3 amide bonds. The van der Waals surface area contributed by atoms with E-state index in [1.807, 2.05) is 19.1 Å². The van der Waals surface area contributed by atoms with Gasteiger partial charge in [0, 0.05) is 44.9 Å². The molecule has 1 unspecified atom stereocenters. The first-order valence-electron chi connectivity index (χ1n) is 22.4. The van der Waals surface area contributed by atoms with Crippen molar-refractivity contribution >= 4 is 58.8 Å². The number of esters is 2. The molecular formula is C46H62Cl2N4O15. The Bertz CT molecular complexity index is 2210. The van der Waals surface area contributed by atoms with Crippen LogP contribution in [0.15, 0.2) is 35.6 Å². The molecule has 3 aliphatic heterocycles. The number of nitrogens with two attached hydrogens (primary N) is 1. The van der Waals surface area contributed by atoms with Crippen LogP contribution in [0.25, 0.3) is 0 Å². The summed E-state index contributed by atoms with van der Waals surface area (Å²) in [5, 5.41) is 27.8. The first kappa shape index (κ1) is 51.9. The van der Waals surface area contributed by atoms with Gasteiger partial charge in [-0.05, 0) is 58.3 Å². The third kappa shape index (κ3) is 9.87. The molecule has 6 N–H and O–H groups in total. The third-order valence-corrected chi connectivity index (χ3v) is 14.7. The van der Waals surface area contributed by atoms with Gasteiger partial charge in [-0.25, -0.2) is 4.79 Å². The number of carbonyl (C=O) groups is 6. The summed E-state index contributed by atoms with van der Waals surface area (Å²) in [5.41, 5.74) is 4.18. The number of ketones is 1. The molecule has 1 aromatic heterocycles. The highest BCUT2D eigenvalue weighted by molar-refractivity contribution is 6.44. The van der Waals surface area contributed by atoms with Gasteiger partial charge in [-0.3, -0.25) is 28.9 Å². The number of aromatic amines is 1. The van der Waals surface area contributed by atoms with E-state index in [9.17, 15) is 39.0 Å². The molecule has 370 valence electrons. The largest absolute Gasteiger partial charge is 0.511 e. The zero-order valence-corrected chi connectivity index (χ0v) is 40.7. The Kier molecular flexibility index (Phi) is 15.7. The zero-order valence-electron chi connectivity index (χ0n) is 39.2. The minimum Gasteiger partial charge on any atom is -0.511 e. The number of H-pyrrole nitrogens is 1. The molecule has 16 atom stereocenters. The number of nitrogens with zero attached hydrogens (tertiary/aromatic N) is 1. The number of aliphatic hydroxyl groups excluding tert-OH is 1. The molecule has 4 fully saturated rings. The van der Waals surface area contributed by atoms with Crippen molar-refractivity contribution in [2.24, 2.45) is 35.3 Å². The fraction of sp³-hybridized carbons (Fsp3) is 0.652. The number of aromatic nitrogens is 1. The van der Waals surface area contributed by atoms with E-state index in [-0.39, 0.29) is 22.2 Å². The van der Waals surface area contributed by atoms with E-state index >= 15 is 0 Å². The van der Waals surface area contributed by atoms with Gasteiger partial charge in [-0.1, -0.05) is 68.3 Å². The van der Waals surface area contributed by atoms with Crippen molar-refractivity contribution in [1.29, 1.82) is 0 Å². The Hall–Kier alpha value is -4.50. The number of amides is 3. The summed E-state index contributed by atoms with van der Waals surface area (Å²) >= 11 is 12.6. The number of likely N-dealkylation sites (tertiary alicyclic amines) is 1. The predicted molar refractivity (Wildman–Crippen MR) is 239 cm³/mol. The number of fused-ring (bicyclic) bond motifs is 1. The Morgan fingerprint density at radius 2 is 1.64 bits per heavy atom. The van der Waals surface area contributed by atoms with Crippen LogP contribution in [0.5, 0.6) is 0 Å². The summed E-state index contributed by atoms with van der Waals surface area (Å²) in [5.74, 6) is -6.80. The van der Waals surface area contributed by atoms with E-state index in [0.717, 1.165) is 12.5 Å². The molecule has 2 aliphatic carbocycles. The normalized spacial score (nSPS) is 36.6. The van der Waals surface area contributed by atoms with E-state index in [1.54, 1.807) is 34.6 Å². The van der Waals surface area contributed by atoms with Gasteiger partial charge >= 0.3 is 18.0 Å². The van der Waals surface area contributed by atoms with Crippen molar-refractivity contribution in [1.82, 2.24) is 15.2 Å². The van der Waals surface area contributed by atoms with E-state index < -0.39 is 149 Å². The zero-order chi connectivity index (χ0) is 49.7. The Labute approximate surface area is 398 Å². The lowest BCUT2D eigenvalue weighted by Crippen LogP contribution is -2.67. The summed E-state index contributed by atoms with van der Waals surface area (Å²) in [6, 6.07) is -2.21. The topological polar surface area (TPSA) is 265 Å². The third-order valence-electron chi connectivity index (χ3n) is 13.7. The number of primary amides is 1. The molecule has 19 nitrogen and oxygen atoms in total. The first-order chi connectivity index (χ1) is 31.3. The lowest BCUT2D eigenvalue weighted by molar-refractivity contribution is -0.299. The van der Waals surface area contributed by atoms with Crippen LogP contribution < -0.4 is 11.1 Å². The molecule has 5 aliphatic rings. The molecule has 0 aromatic carbocycles. The summed E-state index contributed by atoms with van der Waals surface area (Å²) < 4.78 is 41.5. The number of carbonyl (C=O) groups excluding carboxylic acids is 6. The molecule has 4 heterocycles. The maximum Gasteiger partial charge on any atom is 0.405 e. The lowest BCUT2D eigenvalue weighted by Gasteiger charge is -2.50. The van der Waals surface area contributed by atoms with Gasteiger partial charge in [0.1, 0.15) is 34.8 Å². The lowest BCUT2D eigenvalue weighted by atomic mass is 9.61. The van der Waals surface area contributed by atoms with Crippen molar-refractivity contribution < 1.29 is 72.1 Å². The quantitative estimate of drug-likeness (QED) is 0.0473. The summed E-state index contributed by atoms with van der Waals surface area (Å²) in [6.07, 6.45) is -6.74. The highest BCUT2D eigenvalue weighted by atomic mass is 35.5. The number of Topliss-reactive ketones (excluding diaryl/α,β-unsaturated/α-hetero) is 1. The molecule has 1 saturated carbocycles. The van der Waals surface area contributed by atoms with Crippen molar-refractivity contribution in [3.63, 3.8) is 0 Å². The highest BCUT2D eigenvalue weighted by Crippen LogP contribution is 2.51. The second-order valence-electron chi connectivity index (χ2n) is 18.6. The number of hydrogen-bond acceptors (Lipinski definition) is 15. The van der Waals surface area contributed by atoms with E-state index in [4.69, 9.17) is 62.1 Å². The molecule has 0 bridgehead atoms. The standard InChI is InChI=1S/C46H62Cl2N4O15/c1-17(2)35-37(56)31(43(58)52(35)44-40(61-11)39(64-24(9)53)38(21(6)63-44)67-45(49)59)36(55)30-19(4)12-14-26-27(15-13-18(3)29(26)30)66-28-16-46(60,41(22(7)62-28)65-25(10)54)23(8)51-42(57)34-33(48)32(47)20(5)50-34/h12,14,17,19,21-23,26-30,35,38-41,44,50,55,60H,3,13,15-16H2,1-2,4-11H3,(H2,49,59)(H,51,57)/b36-31-/t19-,21+,22+,23-,26-,27+,28-,29-,30?,35-,38-,39-,40-,41+,44-,46+/m0/s1. The van der Waals surface area contributed by atoms with E-state index in [2.05, 4.69) is 16.9 Å². The van der Waals surface area contributed by atoms with Crippen LogP contribution in [0.1, 0.15) is 90.8 Å². The Morgan fingerprint density at radius 3 is 2.21 bits per heavy atom. The van der Waals surface area contributed by atoms with Crippen LogP contribution in [0, 0.1) is 36.5 Å². The molecule has 3 saturated heterocycles. The number of allylic oxidation sites excluding steroid dienone is 3. The predicted octanol–water partition coefficient (Wildman–Crippen LogP) is 4.74. The van der Waals surface area contributed by atoms with Crippen LogP contribution in [0.2, 0.25) is 10.0 Å². The van der Waals surface area contributed by atoms with Gasteiger partial charge < -0.3 is 59.4 Å². The molecule has 0 spiro atoms. The summed E-state index contributed by atoms with van der Waals surface area (Å²) in [4.78, 5) is 83.5. The van der Waals surface area contributed by atoms with Crippen LogP contribution in [-0.4, -0.2) is 136 Å². The molecule has 21 heteroatoms. The van der Waals surface area contributed by atoms with Gasteiger partial charge in [-0.2, -0.15) is 0 Å². The van der Waals surface area contributed by atoms with Crippen LogP contribution >= 0.6 is 23.2 Å². The Balaban J connectivity index is 1.30. The fourth-order valence-corrected chi connectivity index (χ4v) is 11.0. The maximum absolute atomic E-state index is 14.8. The van der Waals surface area contributed by atoms with Gasteiger partial charge in [0.05, 0.1) is 34.4 Å². The van der Waals surface area contributed by atoms with Crippen molar-refractivity contribution in [3.05, 3.63) is 57.1 Å². The van der Waals surface area contributed by atoms with Gasteiger partial charge in [0.25, 0.3) is 11.8 Å². The smallest absolute Gasteiger partial charge is 0.405 e. The first-order valence-corrected chi connectivity index (χ1v) is 23.1. The maximum atomic E-state index is 14.8. The summed E-state index contributed by atoms with van der Waals surface area (Å²) in [7, 11) is 1.29. The Morgan fingerprint density at radius 1 is 0.985 bits per heavy atom. The van der Waals surface area contributed by atoms with E-state index in [1.165, 1.54) is 25.9 Å². The fourth-order valence-electron chi connectivity index (χ4n) is 10.6. The number of aryl methyl sites for hydroxylation is 1. The van der Waals surface area contributed by atoms with Crippen molar-refractivity contribution in [2.75, 3.05) is 7.11 Å². The number of nitrogens with one attached hydrogen (secondary N) is 2. The average Bonchev–Trinajstić information content (AvgIpc) is 3.66. The molecule has 6 rings (SSSR count). The van der Waals surface area contributed by atoms with Crippen molar-refractivity contribution in [3.8, 4) is 0 Å². The SMILES string of the molecule is C=C1CC[C@@H](O[C@H]2C[C@@](O)([C@H](C)NC(=O)c3[nH]c(C)c(Cl)c3Cl)[C@H](OC(C)=O)[C@@H](C)O2)[C@@H]2C=C[C@H](C)C(/C(O)=C3\C(=O)[C@H](C(C)C)N([C@H]4O[C@H](C)[C@H](OC(N)=O)[C@H](OC(C)=O)[C@@H]4OC)C3=O)[C@@H]12. The number of halogens is 2. The van der Waals surface area contributed by atoms with E-state index in [0.29, 0.717) is 18.5 Å². The number of hydrogen-bond donors (Lipinski definition) is 5. The van der Waals surface area contributed by atoms with Gasteiger partial charge in [0.15, 0.2) is 36.6 Å². The summed E-state index contributed by atoms with van der Waals surface area (Å²) in [6.45, 7) is 18.4. The minimum atomic E-state index is -1.93. The monoisotopic (exact) mass is 980 g/mol. The van der Waals surface area contributed by atoms with Crippen LogP contribution in [0.4, 0.5) is 4.79 Å². The number of ether oxygens (including phenoxy) is 7. The molecule has 1 aromatic rings. The number of methoxy groups -OCH3 is 1. The second kappa shape index (κ2) is 20.2. The van der Waals surface area contributed by atoms with Gasteiger partial charge in [0.2, 0.25) is 0 Å². The van der Waals surface area contributed by atoms with Gasteiger partial charge in [-0.15, -0.1) is 0 Å². The molecule has 0 radical (unpaired) electrons.